The highest BCUT2D eigenvalue weighted by Crippen LogP contribution is 2.42. The molecule has 24 heavy (non-hydrogen) atoms. The Bertz CT molecular complexity index is 856. The van der Waals surface area contributed by atoms with E-state index in [1.165, 1.54) is 49.3 Å². The van der Waals surface area contributed by atoms with Gasteiger partial charge in [-0.1, -0.05) is 0 Å². The smallest absolute Gasteiger partial charge is 0.194 e. The molecule has 3 aromatic rings. The lowest BCUT2D eigenvalue weighted by atomic mass is 10.0. The summed E-state index contributed by atoms with van der Waals surface area (Å²) in [6.45, 7) is 3.44. The molecular weight excluding hydrogens is 318 g/mol. The van der Waals surface area contributed by atoms with Crippen LogP contribution in [0.5, 0.6) is 0 Å². The molecule has 2 fully saturated rings. The molecule has 0 spiro atoms. The highest BCUT2D eigenvalue weighted by atomic mass is 32.1. The van der Waals surface area contributed by atoms with Gasteiger partial charge >= 0.3 is 0 Å². The molecule has 6 heteroatoms. The predicted molar refractivity (Wildman–Crippen MR) is 95.3 cm³/mol. The summed E-state index contributed by atoms with van der Waals surface area (Å²) in [7, 11) is 2.00. The monoisotopic (exact) mass is 341 g/mol. The summed E-state index contributed by atoms with van der Waals surface area (Å²) in [5.74, 6) is 1.48. The molecule has 0 unspecified atom stereocenters. The second kappa shape index (κ2) is 5.70. The summed E-state index contributed by atoms with van der Waals surface area (Å²) >= 11 is 1.75. The minimum absolute atomic E-state index is 0.723. The van der Waals surface area contributed by atoms with Gasteiger partial charge in [0.2, 0.25) is 0 Å². The first-order valence-electron chi connectivity index (χ1n) is 8.90. The second-order valence-electron chi connectivity index (χ2n) is 7.39. The number of likely N-dealkylation sites (tertiary alicyclic amines) is 1. The number of hydrogen-bond donors (Lipinski definition) is 0. The van der Waals surface area contributed by atoms with Crippen molar-refractivity contribution in [2.75, 3.05) is 13.1 Å². The molecule has 1 saturated carbocycles. The third-order valence-electron chi connectivity index (χ3n) is 5.38. The average Bonchev–Trinajstić information content (AvgIpc) is 2.92. The molecule has 4 heterocycles. The van der Waals surface area contributed by atoms with Gasteiger partial charge in [-0.05, 0) is 43.7 Å². The minimum atomic E-state index is 0.723. The van der Waals surface area contributed by atoms with E-state index >= 15 is 0 Å². The van der Waals surface area contributed by atoms with Crippen molar-refractivity contribution in [1.82, 2.24) is 24.1 Å². The van der Waals surface area contributed by atoms with Crippen LogP contribution in [-0.4, -0.2) is 37.2 Å². The standard InChI is InChI=1S/C18H23N5S/c1-21-10-14(9-19-21)8-13-4-5-22(11-13)12-16-17(15-2-3-15)20-18-23(16)6-7-24-18/h6-7,9-10,13,15H,2-5,8,11-12H2,1H3/t13-/m0/s1. The third-order valence-corrected chi connectivity index (χ3v) is 6.14. The number of hydrogen-bond acceptors (Lipinski definition) is 4. The third kappa shape index (κ3) is 2.67. The van der Waals surface area contributed by atoms with E-state index in [0.717, 1.165) is 29.8 Å². The highest BCUT2D eigenvalue weighted by Gasteiger charge is 2.32. The average molecular weight is 341 g/mol. The van der Waals surface area contributed by atoms with Crippen LogP contribution in [0, 0.1) is 5.92 Å². The SMILES string of the molecule is Cn1cc(C[C@@H]2CCN(Cc3c(C4CC4)nc4sccn34)C2)cn1. The topological polar surface area (TPSA) is 38.4 Å². The molecule has 0 amide bonds. The Labute approximate surface area is 145 Å². The predicted octanol–water partition coefficient (Wildman–Crippen LogP) is 3.07. The Morgan fingerprint density at radius 2 is 2.21 bits per heavy atom. The molecule has 0 N–H and O–H groups in total. The number of nitrogens with zero attached hydrogens (tertiary/aromatic N) is 5. The van der Waals surface area contributed by atoms with Crippen molar-refractivity contribution in [3.63, 3.8) is 0 Å². The zero-order valence-corrected chi connectivity index (χ0v) is 14.9. The molecule has 1 aliphatic carbocycles. The Morgan fingerprint density at radius 1 is 1.29 bits per heavy atom. The van der Waals surface area contributed by atoms with E-state index in [-0.39, 0.29) is 0 Å². The molecule has 2 aliphatic rings. The fraction of sp³-hybridized carbons (Fsp3) is 0.556. The highest BCUT2D eigenvalue weighted by molar-refractivity contribution is 7.15. The van der Waals surface area contributed by atoms with Crippen molar-refractivity contribution in [2.45, 2.75) is 38.1 Å². The van der Waals surface area contributed by atoms with E-state index < -0.39 is 0 Å². The van der Waals surface area contributed by atoms with Crippen molar-refractivity contribution in [1.29, 1.82) is 0 Å². The molecular formula is C18H23N5S. The van der Waals surface area contributed by atoms with Gasteiger partial charge in [0.05, 0.1) is 17.6 Å². The fourth-order valence-corrected chi connectivity index (χ4v) is 4.78. The maximum Gasteiger partial charge on any atom is 0.194 e. The number of fused-ring (bicyclic) bond motifs is 1. The van der Waals surface area contributed by atoms with Crippen molar-refractivity contribution in [2.24, 2.45) is 13.0 Å². The zero-order valence-electron chi connectivity index (χ0n) is 14.1. The maximum atomic E-state index is 4.91. The summed E-state index contributed by atoms with van der Waals surface area (Å²) in [4.78, 5) is 8.69. The summed E-state index contributed by atoms with van der Waals surface area (Å²) < 4.78 is 4.23. The first-order valence-corrected chi connectivity index (χ1v) is 9.78. The number of rotatable bonds is 5. The first-order chi connectivity index (χ1) is 11.8. The maximum absolute atomic E-state index is 4.91. The number of imidazole rings is 1. The molecule has 3 aromatic heterocycles. The van der Waals surface area contributed by atoms with Gasteiger partial charge in [-0.25, -0.2) is 4.98 Å². The van der Waals surface area contributed by atoms with Gasteiger partial charge in [-0.15, -0.1) is 11.3 Å². The van der Waals surface area contributed by atoms with Crippen LogP contribution in [0.1, 0.15) is 42.1 Å². The van der Waals surface area contributed by atoms with Crippen molar-refractivity contribution in [3.05, 3.63) is 40.9 Å². The molecule has 1 saturated heterocycles. The largest absolute Gasteiger partial charge is 0.297 e. The zero-order chi connectivity index (χ0) is 16.1. The van der Waals surface area contributed by atoms with E-state index in [2.05, 4.69) is 32.2 Å². The van der Waals surface area contributed by atoms with Crippen LogP contribution < -0.4 is 0 Å². The summed E-state index contributed by atoms with van der Waals surface area (Å²) in [5, 5.41) is 6.45. The minimum Gasteiger partial charge on any atom is -0.297 e. The van der Waals surface area contributed by atoms with E-state index in [1.54, 1.807) is 11.3 Å². The quantitative estimate of drug-likeness (QED) is 0.716. The van der Waals surface area contributed by atoms with Gasteiger partial charge in [-0.3, -0.25) is 14.0 Å². The lowest BCUT2D eigenvalue weighted by Gasteiger charge is -2.16. The van der Waals surface area contributed by atoms with Gasteiger partial charge in [0.15, 0.2) is 4.96 Å². The number of thiazole rings is 1. The van der Waals surface area contributed by atoms with E-state index in [4.69, 9.17) is 4.98 Å². The second-order valence-corrected chi connectivity index (χ2v) is 8.26. The summed E-state index contributed by atoms with van der Waals surface area (Å²) in [5.41, 5.74) is 4.18. The van der Waals surface area contributed by atoms with Crippen LogP contribution in [0.3, 0.4) is 0 Å². The molecule has 126 valence electrons. The van der Waals surface area contributed by atoms with Gasteiger partial charge in [0, 0.05) is 43.8 Å². The molecule has 0 bridgehead atoms. The van der Waals surface area contributed by atoms with Crippen LogP contribution in [0.25, 0.3) is 4.96 Å². The van der Waals surface area contributed by atoms with Gasteiger partial charge in [0.25, 0.3) is 0 Å². The van der Waals surface area contributed by atoms with Crippen molar-refractivity contribution >= 4 is 16.3 Å². The van der Waals surface area contributed by atoms with Crippen LogP contribution >= 0.6 is 11.3 Å². The van der Waals surface area contributed by atoms with Crippen LogP contribution in [0.4, 0.5) is 0 Å². The summed E-state index contributed by atoms with van der Waals surface area (Å²) in [6, 6.07) is 0. The van der Waals surface area contributed by atoms with Crippen molar-refractivity contribution in [3.8, 4) is 0 Å². The van der Waals surface area contributed by atoms with E-state index in [9.17, 15) is 0 Å². The van der Waals surface area contributed by atoms with Crippen LogP contribution in [-0.2, 0) is 20.0 Å². The lowest BCUT2D eigenvalue weighted by Crippen LogP contribution is -2.22. The fourth-order valence-electron chi connectivity index (χ4n) is 4.04. The Hall–Kier alpha value is -1.66. The Balaban J connectivity index is 1.30. The van der Waals surface area contributed by atoms with Gasteiger partial charge < -0.3 is 0 Å². The molecule has 5 rings (SSSR count). The van der Waals surface area contributed by atoms with Crippen molar-refractivity contribution < 1.29 is 0 Å². The molecule has 1 aliphatic heterocycles. The number of aryl methyl sites for hydroxylation is 1. The van der Waals surface area contributed by atoms with Gasteiger partial charge in [0.1, 0.15) is 0 Å². The molecule has 0 aromatic carbocycles. The lowest BCUT2D eigenvalue weighted by molar-refractivity contribution is 0.310. The van der Waals surface area contributed by atoms with E-state index in [0.29, 0.717) is 0 Å². The Kier molecular flexibility index (Phi) is 3.49. The Morgan fingerprint density at radius 3 is 3.00 bits per heavy atom. The molecule has 0 radical (unpaired) electrons. The molecule has 5 nitrogen and oxygen atoms in total. The van der Waals surface area contributed by atoms with Gasteiger partial charge in [-0.2, -0.15) is 5.10 Å². The summed E-state index contributed by atoms with van der Waals surface area (Å²) in [6.07, 6.45) is 11.4. The normalized spacial score (nSPS) is 22.0. The number of aromatic nitrogens is 4. The molecule has 1 atom stereocenters. The van der Waals surface area contributed by atoms with E-state index in [1.807, 2.05) is 17.9 Å². The van der Waals surface area contributed by atoms with Crippen LogP contribution in [0.2, 0.25) is 0 Å². The van der Waals surface area contributed by atoms with Crippen LogP contribution in [0.15, 0.2) is 24.0 Å². The first kappa shape index (κ1) is 14.7.